The number of nitrogen functional groups attached to an aromatic ring is 1. The number of carbonyl (C=O) groups excluding carboxylic acids is 1. The third-order valence-corrected chi connectivity index (χ3v) is 3.96. The maximum absolute atomic E-state index is 11.9. The average Bonchev–Trinajstić information content (AvgIpc) is 2.95. The summed E-state index contributed by atoms with van der Waals surface area (Å²) >= 11 is 3.33. The third-order valence-electron chi connectivity index (χ3n) is 3.07. The summed E-state index contributed by atoms with van der Waals surface area (Å²) < 4.78 is 0.677. The van der Waals surface area contributed by atoms with E-state index in [2.05, 4.69) is 28.2 Å². The van der Waals surface area contributed by atoms with Gasteiger partial charge in [-0.15, -0.1) is 0 Å². The summed E-state index contributed by atoms with van der Waals surface area (Å²) in [6.07, 6.45) is 1.22. The molecule has 3 N–H and O–H groups in total. The van der Waals surface area contributed by atoms with Crippen LogP contribution in [-0.2, 0) is 0 Å². The zero-order chi connectivity index (χ0) is 11.7. The second-order valence-electron chi connectivity index (χ2n) is 4.39. The highest BCUT2D eigenvalue weighted by Crippen LogP contribution is 2.36. The number of nitrogens with two attached hydrogens (primary N) is 1. The van der Waals surface area contributed by atoms with Crippen LogP contribution in [0.2, 0.25) is 0 Å². The van der Waals surface area contributed by atoms with E-state index in [1.165, 1.54) is 6.42 Å². The minimum absolute atomic E-state index is 0.0572. The lowest BCUT2D eigenvalue weighted by molar-refractivity contribution is 0.0950. The number of amides is 1. The Balaban J connectivity index is 2.00. The Kier molecular flexibility index (Phi) is 3.19. The molecule has 1 fully saturated rings. The average molecular weight is 283 g/mol. The van der Waals surface area contributed by atoms with Gasteiger partial charge in [-0.1, -0.05) is 13.0 Å². The minimum atomic E-state index is -0.0572. The first kappa shape index (κ1) is 11.5. The monoisotopic (exact) mass is 282 g/mol. The number of benzene rings is 1. The Hall–Kier alpha value is -1.03. The highest BCUT2D eigenvalue weighted by molar-refractivity contribution is 9.10. The minimum Gasteiger partial charge on any atom is -0.398 e. The number of halogens is 1. The molecule has 0 aromatic heterocycles. The van der Waals surface area contributed by atoms with E-state index < -0.39 is 0 Å². The van der Waals surface area contributed by atoms with E-state index in [-0.39, 0.29) is 5.91 Å². The zero-order valence-corrected chi connectivity index (χ0v) is 10.8. The van der Waals surface area contributed by atoms with Crippen LogP contribution in [0.5, 0.6) is 0 Å². The predicted octanol–water partition coefficient (Wildman–Crippen LogP) is 2.42. The molecule has 4 heteroatoms. The number of rotatable bonds is 3. The summed E-state index contributed by atoms with van der Waals surface area (Å²) in [5.41, 5.74) is 6.92. The van der Waals surface area contributed by atoms with Crippen molar-refractivity contribution < 1.29 is 4.79 Å². The lowest BCUT2D eigenvalue weighted by Gasteiger charge is -2.07. The van der Waals surface area contributed by atoms with E-state index in [4.69, 9.17) is 5.73 Å². The molecule has 1 saturated carbocycles. The molecule has 1 aromatic carbocycles. The van der Waals surface area contributed by atoms with E-state index in [0.717, 1.165) is 12.5 Å². The molecule has 0 bridgehead atoms. The fraction of sp³-hybridized carbons (Fsp3) is 0.417. The summed E-state index contributed by atoms with van der Waals surface area (Å²) in [7, 11) is 0. The Morgan fingerprint density at radius 3 is 2.94 bits per heavy atom. The largest absolute Gasteiger partial charge is 0.398 e. The summed E-state index contributed by atoms with van der Waals surface area (Å²) in [4.78, 5) is 11.9. The van der Waals surface area contributed by atoms with Crippen LogP contribution in [0.15, 0.2) is 22.7 Å². The summed E-state index contributed by atoms with van der Waals surface area (Å²) in [6.45, 7) is 2.97. The number of carbonyl (C=O) groups is 1. The van der Waals surface area contributed by atoms with Gasteiger partial charge in [-0.3, -0.25) is 4.79 Å². The van der Waals surface area contributed by atoms with Crippen molar-refractivity contribution in [3.05, 3.63) is 28.2 Å². The molecule has 0 heterocycles. The van der Waals surface area contributed by atoms with Crippen molar-refractivity contribution in [3.8, 4) is 0 Å². The van der Waals surface area contributed by atoms with Crippen LogP contribution in [-0.4, -0.2) is 12.5 Å². The number of anilines is 1. The highest BCUT2D eigenvalue weighted by atomic mass is 79.9. The first-order chi connectivity index (χ1) is 7.59. The van der Waals surface area contributed by atoms with Crippen LogP contribution in [0.3, 0.4) is 0 Å². The van der Waals surface area contributed by atoms with Crippen molar-refractivity contribution in [1.82, 2.24) is 5.32 Å². The van der Waals surface area contributed by atoms with E-state index in [0.29, 0.717) is 21.6 Å². The van der Waals surface area contributed by atoms with Gasteiger partial charge in [0.2, 0.25) is 0 Å². The molecule has 1 aromatic rings. The molecule has 0 saturated heterocycles. The van der Waals surface area contributed by atoms with Gasteiger partial charge >= 0.3 is 0 Å². The Morgan fingerprint density at radius 2 is 2.31 bits per heavy atom. The maximum Gasteiger partial charge on any atom is 0.252 e. The molecular weight excluding hydrogens is 268 g/mol. The molecule has 1 aliphatic carbocycles. The van der Waals surface area contributed by atoms with Gasteiger partial charge in [-0.05, 0) is 46.3 Å². The van der Waals surface area contributed by atoms with E-state index in [9.17, 15) is 4.79 Å². The second kappa shape index (κ2) is 4.45. The second-order valence-corrected chi connectivity index (χ2v) is 5.18. The molecule has 2 atom stereocenters. The molecule has 2 rings (SSSR count). The smallest absolute Gasteiger partial charge is 0.252 e. The lowest BCUT2D eigenvalue weighted by atomic mass is 10.2. The van der Waals surface area contributed by atoms with Gasteiger partial charge in [-0.25, -0.2) is 0 Å². The Morgan fingerprint density at radius 1 is 1.62 bits per heavy atom. The van der Waals surface area contributed by atoms with Crippen LogP contribution in [0.1, 0.15) is 23.7 Å². The highest BCUT2D eigenvalue weighted by Gasteiger charge is 2.32. The van der Waals surface area contributed by atoms with Crippen LogP contribution in [0, 0.1) is 11.8 Å². The first-order valence-electron chi connectivity index (χ1n) is 5.41. The maximum atomic E-state index is 11.9. The van der Waals surface area contributed by atoms with Crippen molar-refractivity contribution in [2.24, 2.45) is 11.8 Å². The van der Waals surface area contributed by atoms with Crippen molar-refractivity contribution in [3.63, 3.8) is 0 Å². The molecule has 0 spiro atoms. The zero-order valence-electron chi connectivity index (χ0n) is 9.16. The normalized spacial score (nSPS) is 22.9. The standard InChI is InChI=1S/C12H15BrN2O/c1-7-5-8(7)6-15-12(16)9-3-2-4-10(14)11(9)13/h2-4,7-8H,5-6,14H2,1H3,(H,15,16). The fourth-order valence-electron chi connectivity index (χ4n) is 1.73. The summed E-state index contributed by atoms with van der Waals surface area (Å²) in [5, 5.41) is 2.93. The van der Waals surface area contributed by atoms with Gasteiger partial charge in [0, 0.05) is 12.2 Å². The van der Waals surface area contributed by atoms with E-state index in [1.54, 1.807) is 18.2 Å². The third kappa shape index (κ3) is 2.38. The molecular formula is C12H15BrN2O. The van der Waals surface area contributed by atoms with E-state index in [1.807, 2.05) is 0 Å². The summed E-state index contributed by atoms with van der Waals surface area (Å²) in [5.74, 6) is 1.35. The summed E-state index contributed by atoms with van der Waals surface area (Å²) in [6, 6.07) is 5.32. The van der Waals surface area contributed by atoms with E-state index >= 15 is 0 Å². The van der Waals surface area contributed by atoms with Crippen LogP contribution in [0.25, 0.3) is 0 Å². The van der Waals surface area contributed by atoms with Gasteiger partial charge in [0.05, 0.1) is 10.0 Å². The lowest BCUT2D eigenvalue weighted by Crippen LogP contribution is -2.26. The number of hydrogen-bond donors (Lipinski definition) is 2. The van der Waals surface area contributed by atoms with Crippen molar-refractivity contribution >= 4 is 27.5 Å². The quantitative estimate of drug-likeness (QED) is 0.837. The van der Waals surface area contributed by atoms with Gasteiger partial charge in [0.15, 0.2) is 0 Å². The number of nitrogens with one attached hydrogen (secondary N) is 1. The molecule has 2 unspecified atom stereocenters. The topological polar surface area (TPSA) is 55.1 Å². The molecule has 1 aliphatic rings. The molecule has 1 amide bonds. The fourth-order valence-corrected chi connectivity index (χ4v) is 2.17. The van der Waals surface area contributed by atoms with Crippen LogP contribution < -0.4 is 11.1 Å². The van der Waals surface area contributed by atoms with Gasteiger partial charge < -0.3 is 11.1 Å². The van der Waals surface area contributed by atoms with Crippen molar-refractivity contribution in [2.75, 3.05) is 12.3 Å². The van der Waals surface area contributed by atoms with Crippen LogP contribution in [0.4, 0.5) is 5.69 Å². The van der Waals surface area contributed by atoms with Gasteiger partial charge in [0.25, 0.3) is 5.91 Å². The SMILES string of the molecule is CC1CC1CNC(=O)c1cccc(N)c1Br. The molecule has 16 heavy (non-hydrogen) atoms. The van der Waals surface area contributed by atoms with Gasteiger partial charge in [-0.2, -0.15) is 0 Å². The van der Waals surface area contributed by atoms with Crippen molar-refractivity contribution in [1.29, 1.82) is 0 Å². The molecule has 86 valence electrons. The number of hydrogen-bond acceptors (Lipinski definition) is 2. The van der Waals surface area contributed by atoms with Gasteiger partial charge in [0.1, 0.15) is 0 Å². The van der Waals surface area contributed by atoms with Crippen LogP contribution >= 0.6 is 15.9 Å². The predicted molar refractivity (Wildman–Crippen MR) is 68.2 cm³/mol. The molecule has 0 aliphatic heterocycles. The molecule has 3 nitrogen and oxygen atoms in total. The Bertz CT molecular complexity index is 419. The Labute approximate surface area is 104 Å². The molecule has 0 radical (unpaired) electrons. The first-order valence-corrected chi connectivity index (χ1v) is 6.21. The van der Waals surface area contributed by atoms with Crippen molar-refractivity contribution in [2.45, 2.75) is 13.3 Å².